The molecule has 0 radical (unpaired) electrons. The fourth-order valence-corrected chi connectivity index (χ4v) is 4.00. The van der Waals surface area contributed by atoms with E-state index in [4.69, 9.17) is 0 Å². The van der Waals surface area contributed by atoms with Crippen molar-refractivity contribution >= 4 is 23.5 Å². The molecule has 1 saturated heterocycles. The number of carbonyl (C=O) groups excluding carboxylic acids is 3. The molecule has 0 saturated carbocycles. The lowest BCUT2D eigenvalue weighted by atomic mass is 9.76. The first-order chi connectivity index (χ1) is 13.0. The van der Waals surface area contributed by atoms with Gasteiger partial charge in [0.05, 0.1) is 0 Å². The van der Waals surface area contributed by atoms with E-state index in [9.17, 15) is 14.4 Å². The standard InChI is InChI=1S/C21H21N3O3/c1-14-7-2-5-11-17(14)22-18(25)13-24-19(26)21(23-20(24)27)12-6-9-15-8-3-4-10-16(15)21/h2-5,7-8,10-11H,6,9,12-13H2,1H3,(H,22,25)(H,23,27)/t21-/m1/s1. The van der Waals surface area contributed by atoms with Crippen LogP contribution >= 0.6 is 0 Å². The van der Waals surface area contributed by atoms with Crippen molar-refractivity contribution in [3.8, 4) is 0 Å². The van der Waals surface area contributed by atoms with Crippen LogP contribution in [0.3, 0.4) is 0 Å². The maximum atomic E-state index is 13.2. The second kappa shape index (κ2) is 6.54. The van der Waals surface area contributed by atoms with Gasteiger partial charge in [0, 0.05) is 5.69 Å². The highest BCUT2D eigenvalue weighted by Crippen LogP contribution is 2.39. The first kappa shape index (κ1) is 17.3. The molecule has 6 nitrogen and oxygen atoms in total. The van der Waals surface area contributed by atoms with Gasteiger partial charge in [0.1, 0.15) is 12.1 Å². The predicted molar refractivity (Wildman–Crippen MR) is 101 cm³/mol. The van der Waals surface area contributed by atoms with Crippen LogP contribution in [0, 0.1) is 6.92 Å². The molecule has 27 heavy (non-hydrogen) atoms. The molecule has 0 unspecified atom stereocenters. The summed E-state index contributed by atoms with van der Waals surface area (Å²) in [5.74, 6) is -0.742. The number of urea groups is 1. The van der Waals surface area contributed by atoms with E-state index in [1.807, 2.05) is 49.4 Å². The Morgan fingerprint density at radius 3 is 2.70 bits per heavy atom. The van der Waals surface area contributed by atoms with Crippen LogP contribution in [-0.2, 0) is 21.5 Å². The third-order valence-electron chi connectivity index (χ3n) is 5.37. The van der Waals surface area contributed by atoms with Crippen molar-refractivity contribution in [2.24, 2.45) is 0 Å². The number of benzene rings is 2. The number of para-hydroxylation sites is 1. The summed E-state index contributed by atoms with van der Waals surface area (Å²) in [5, 5.41) is 5.64. The summed E-state index contributed by atoms with van der Waals surface area (Å²) in [6.07, 6.45) is 2.24. The summed E-state index contributed by atoms with van der Waals surface area (Å²) in [5.41, 5.74) is 2.46. The van der Waals surface area contributed by atoms with Gasteiger partial charge in [0.15, 0.2) is 0 Å². The zero-order valence-corrected chi connectivity index (χ0v) is 15.1. The molecular weight excluding hydrogens is 342 g/mol. The van der Waals surface area contributed by atoms with Crippen molar-refractivity contribution in [1.29, 1.82) is 0 Å². The molecule has 4 rings (SSSR count). The van der Waals surface area contributed by atoms with Crippen molar-refractivity contribution in [3.63, 3.8) is 0 Å². The third kappa shape index (κ3) is 2.87. The Hall–Kier alpha value is -3.15. The van der Waals surface area contributed by atoms with Crippen LogP contribution in [0.4, 0.5) is 10.5 Å². The van der Waals surface area contributed by atoms with Gasteiger partial charge in [-0.1, -0.05) is 42.5 Å². The minimum atomic E-state index is -1.05. The highest BCUT2D eigenvalue weighted by atomic mass is 16.2. The number of hydrogen-bond acceptors (Lipinski definition) is 3. The van der Waals surface area contributed by atoms with Gasteiger partial charge in [-0.15, -0.1) is 0 Å². The number of nitrogens with one attached hydrogen (secondary N) is 2. The summed E-state index contributed by atoms with van der Waals surface area (Å²) in [6.45, 7) is 1.58. The Labute approximate surface area is 157 Å². The molecule has 1 heterocycles. The fraction of sp³-hybridized carbons (Fsp3) is 0.286. The highest BCUT2D eigenvalue weighted by Gasteiger charge is 2.54. The first-order valence-electron chi connectivity index (χ1n) is 9.09. The van der Waals surface area contributed by atoms with E-state index < -0.39 is 17.5 Å². The number of carbonyl (C=O) groups is 3. The SMILES string of the molecule is Cc1ccccc1NC(=O)CN1C(=O)N[C@@]2(CCCc3ccccc32)C1=O. The van der Waals surface area contributed by atoms with Crippen molar-refractivity contribution in [1.82, 2.24) is 10.2 Å². The van der Waals surface area contributed by atoms with Gasteiger partial charge < -0.3 is 10.6 Å². The molecule has 1 fully saturated rings. The average molecular weight is 363 g/mol. The van der Waals surface area contributed by atoms with Gasteiger partial charge in [0.25, 0.3) is 5.91 Å². The zero-order valence-electron chi connectivity index (χ0n) is 15.1. The Bertz CT molecular complexity index is 940. The van der Waals surface area contributed by atoms with Gasteiger partial charge >= 0.3 is 6.03 Å². The van der Waals surface area contributed by atoms with Crippen LogP contribution in [0.25, 0.3) is 0 Å². The topological polar surface area (TPSA) is 78.5 Å². The Morgan fingerprint density at radius 1 is 1.15 bits per heavy atom. The number of rotatable bonds is 3. The van der Waals surface area contributed by atoms with Crippen molar-refractivity contribution in [2.75, 3.05) is 11.9 Å². The normalized spacial score (nSPS) is 21.1. The summed E-state index contributed by atoms with van der Waals surface area (Å²) in [7, 11) is 0. The molecule has 1 atom stereocenters. The van der Waals surface area contributed by atoms with Crippen molar-refractivity contribution in [2.45, 2.75) is 31.7 Å². The van der Waals surface area contributed by atoms with Crippen LogP contribution < -0.4 is 10.6 Å². The lowest BCUT2D eigenvalue weighted by Gasteiger charge is -2.33. The smallest absolute Gasteiger partial charge is 0.324 e. The number of hydrogen-bond donors (Lipinski definition) is 2. The van der Waals surface area contributed by atoms with E-state index >= 15 is 0 Å². The summed E-state index contributed by atoms with van der Waals surface area (Å²) < 4.78 is 0. The van der Waals surface area contributed by atoms with E-state index in [0.717, 1.165) is 34.4 Å². The molecule has 6 heteroatoms. The van der Waals surface area contributed by atoms with Gasteiger partial charge in [0.2, 0.25) is 5.91 Å². The average Bonchev–Trinajstić information content (AvgIpc) is 2.89. The molecule has 138 valence electrons. The monoisotopic (exact) mass is 363 g/mol. The molecule has 2 aromatic carbocycles. The van der Waals surface area contributed by atoms with Crippen molar-refractivity contribution in [3.05, 3.63) is 65.2 Å². The minimum absolute atomic E-state index is 0.303. The number of amides is 4. The van der Waals surface area contributed by atoms with Gasteiger partial charge in [-0.25, -0.2) is 4.79 Å². The predicted octanol–water partition coefficient (Wildman–Crippen LogP) is 2.72. The first-order valence-corrected chi connectivity index (χ1v) is 9.09. The molecule has 2 aromatic rings. The van der Waals surface area contributed by atoms with Crippen LogP contribution in [0.1, 0.15) is 29.5 Å². The van der Waals surface area contributed by atoms with Gasteiger partial charge in [-0.05, 0) is 48.9 Å². The second-order valence-corrected chi connectivity index (χ2v) is 7.10. The molecule has 1 spiro atoms. The number of aryl methyl sites for hydroxylation is 2. The molecule has 1 aliphatic heterocycles. The number of anilines is 1. The van der Waals surface area contributed by atoms with E-state index in [1.54, 1.807) is 6.07 Å². The zero-order chi connectivity index (χ0) is 19.0. The highest BCUT2D eigenvalue weighted by molar-refractivity contribution is 6.10. The molecule has 0 aromatic heterocycles. The van der Waals surface area contributed by atoms with E-state index in [0.29, 0.717) is 12.1 Å². The van der Waals surface area contributed by atoms with Crippen LogP contribution in [-0.4, -0.2) is 29.3 Å². The maximum absolute atomic E-state index is 13.2. The largest absolute Gasteiger partial charge is 0.325 e. The summed E-state index contributed by atoms with van der Waals surface area (Å²) in [6, 6.07) is 14.6. The quantitative estimate of drug-likeness (QED) is 0.823. The molecule has 2 N–H and O–H groups in total. The molecular formula is C21H21N3O3. The molecule has 0 bridgehead atoms. The Balaban J connectivity index is 1.56. The lowest BCUT2D eigenvalue weighted by Crippen LogP contribution is -2.47. The van der Waals surface area contributed by atoms with Crippen LogP contribution in [0.15, 0.2) is 48.5 Å². The number of fused-ring (bicyclic) bond motifs is 2. The van der Waals surface area contributed by atoms with E-state index in [-0.39, 0.29) is 12.5 Å². The third-order valence-corrected chi connectivity index (χ3v) is 5.37. The number of nitrogens with zero attached hydrogens (tertiary/aromatic N) is 1. The fourth-order valence-electron chi connectivity index (χ4n) is 4.00. The number of imide groups is 1. The molecule has 2 aliphatic rings. The Kier molecular flexibility index (Phi) is 4.18. The molecule has 1 aliphatic carbocycles. The van der Waals surface area contributed by atoms with Crippen LogP contribution in [0.2, 0.25) is 0 Å². The van der Waals surface area contributed by atoms with Gasteiger partial charge in [-0.3, -0.25) is 14.5 Å². The second-order valence-electron chi connectivity index (χ2n) is 7.10. The van der Waals surface area contributed by atoms with Gasteiger partial charge in [-0.2, -0.15) is 0 Å². The lowest BCUT2D eigenvalue weighted by molar-refractivity contribution is -0.134. The van der Waals surface area contributed by atoms with Crippen LogP contribution in [0.5, 0.6) is 0 Å². The minimum Gasteiger partial charge on any atom is -0.324 e. The summed E-state index contributed by atoms with van der Waals surface area (Å²) >= 11 is 0. The molecule has 4 amide bonds. The summed E-state index contributed by atoms with van der Waals surface area (Å²) in [4.78, 5) is 39.2. The van der Waals surface area contributed by atoms with E-state index in [1.165, 1.54) is 0 Å². The van der Waals surface area contributed by atoms with Crippen molar-refractivity contribution < 1.29 is 14.4 Å². The Morgan fingerprint density at radius 2 is 1.89 bits per heavy atom. The van der Waals surface area contributed by atoms with E-state index in [2.05, 4.69) is 10.6 Å². The maximum Gasteiger partial charge on any atom is 0.325 e.